The largest absolute Gasteiger partial charge is 0.416 e. The second-order valence-electron chi connectivity index (χ2n) is 6.46. The molecule has 2 aromatic carbocycles. The van der Waals surface area contributed by atoms with Crippen LogP contribution in [0.2, 0.25) is 0 Å². The first-order chi connectivity index (χ1) is 13.1. The van der Waals surface area contributed by atoms with E-state index in [1.165, 1.54) is 36.4 Å². The van der Waals surface area contributed by atoms with E-state index in [-0.39, 0.29) is 29.6 Å². The third-order valence-electron chi connectivity index (χ3n) is 4.25. The minimum absolute atomic E-state index is 0.0495. The van der Waals surface area contributed by atoms with Crippen molar-refractivity contribution in [2.24, 2.45) is 0 Å². The van der Waals surface area contributed by atoms with Crippen LogP contribution < -0.4 is 5.32 Å². The molecule has 0 amide bonds. The van der Waals surface area contributed by atoms with Crippen LogP contribution in [0, 0.1) is 10.1 Å². The number of hydrogen-bond acceptors (Lipinski definition) is 5. The highest BCUT2D eigenvalue weighted by Gasteiger charge is 2.30. The Morgan fingerprint density at radius 2 is 1.82 bits per heavy atom. The van der Waals surface area contributed by atoms with Gasteiger partial charge in [0.05, 0.1) is 17.0 Å². The number of alkyl halides is 3. The number of halogens is 3. The summed E-state index contributed by atoms with van der Waals surface area (Å²) in [6.45, 7) is 0.269. The van der Waals surface area contributed by atoms with Crippen molar-refractivity contribution in [2.75, 3.05) is 27.2 Å². The number of ketones is 1. The third-order valence-corrected chi connectivity index (χ3v) is 4.25. The molecule has 0 bridgehead atoms. The molecule has 0 aliphatic carbocycles. The molecule has 28 heavy (non-hydrogen) atoms. The van der Waals surface area contributed by atoms with Gasteiger partial charge < -0.3 is 10.2 Å². The molecule has 1 N–H and O–H groups in total. The first-order valence-corrected chi connectivity index (χ1v) is 8.41. The number of rotatable bonds is 8. The van der Waals surface area contributed by atoms with Gasteiger partial charge >= 0.3 is 6.18 Å². The Balaban J connectivity index is 2.01. The molecule has 150 valence electrons. The van der Waals surface area contributed by atoms with E-state index in [4.69, 9.17) is 0 Å². The Hall–Kier alpha value is -2.78. The van der Waals surface area contributed by atoms with Gasteiger partial charge in [0.2, 0.25) is 0 Å². The van der Waals surface area contributed by atoms with Crippen molar-refractivity contribution in [3.05, 3.63) is 75.3 Å². The zero-order valence-electron chi connectivity index (χ0n) is 15.4. The van der Waals surface area contributed by atoms with Crippen LogP contribution in [0.1, 0.15) is 27.5 Å². The van der Waals surface area contributed by atoms with Gasteiger partial charge in [-0.25, -0.2) is 0 Å². The quantitative estimate of drug-likeness (QED) is 0.419. The van der Waals surface area contributed by atoms with E-state index < -0.39 is 16.7 Å². The second kappa shape index (κ2) is 8.94. The zero-order chi connectivity index (χ0) is 20.9. The van der Waals surface area contributed by atoms with Gasteiger partial charge in [0.25, 0.3) is 5.69 Å². The van der Waals surface area contributed by atoms with Crippen LogP contribution in [0.15, 0.2) is 48.5 Å². The number of nitro benzene ring substituents is 1. The predicted octanol–water partition coefficient (Wildman–Crippen LogP) is 3.69. The molecule has 1 atom stereocenters. The average Bonchev–Trinajstić information content (AvgIpc) is 2.64. The van der Waals surface area contributed by atoms with Crippen LogP contribution in [-0.2, 0) is 6.18 Å². The number of nitrogens with one attached hydrogen (secondary N) is 1. The summed E-state index contributed by atoms with van der Waals surface area (Å²) in [4.78, 5) is 24.3. The SMILES string of the molecule is CN(C)C(CNCC(=O)c1cccc([N+](=O)[O-])c1)c1ccc(C(F)(F)F)cc1. The van der Waals surface area contributed by atoms with Crippen molar-refractivity contribution >= 4 is 11.5 Å². The Morgan fingerprint density at radius 3 is 2.36 bits per heavy atom. The number of nitrogens with zero attached hydrogens (tertiary/aromatic N) is 2. The number of non-ortho nitro benzene ring substituents is 1. The number of nitro groups is 1. The molecule has 0 saturated carbocycles. The predicted molar refractivity (Wildman–Crippen MR) is 98.2 cm³/mol. The van der Waals surface area contributed by atoms with E-state index in [1.54, 1.807) is 14.1 Å². The van der Waals surface area contributed by atoms with Crippen molar-refractivity contribution in [1.29, 1.82) is 0 Å². The summed E-state index contributed by atoms with van der Waals surface area (Å²) >= 11 is 0. The summed E-state index contributed by atoms with van der Waals surface area (Å²) in [5.41, 5.74) is 0.00951. The van der Waals surface area contributed by atoms with Gasteiger partial charge in [0.15, 0.2) is 5.78 Å². The van der Waals surface area contributed by atoms with Crippen LogP contribution in [0.25, 0.3) is 0 Å². The molecule has 2 aromatic rings. The van der Waals surface area contributed by atoms with Gasteiger partial charge in [0.1, 0.15) is 0 Å². The first-order valence-electron chi connectivity index (χ1n) is 8.41. The highest BCUT2D eigenvalue weighted by atomic mass is 19.4. The van der Waals surface area contributed by atoms with Crippen molar-refractivity contribution < 1.29 is 22.9 Å². The molecular weight excluding hydrogens is 375 g/mol. The van der Waals surface area contributed by atoms with Gasteiger partial charge in [-0.2, -0.15) is 13.2 Å². The fourth-order valence-corrected chi connectivity index (χ4v) is 2.71. The lowest BCUT2D eigenvalue weighted by molar-refractivity contribution is -0.384. The molecule has 9 heteroatoms. The topological polar surface area (TPSA) is 75.5 Å². The van der Waals surface area contributed by atoms with Gasteiger partial charge in [-0.1, -0.05) is 24.3 Å². The lowest BCUT2D eigenvalue weighted by Crippen LogP contribution is -2.33. The normalized spacial score (nSPS) is 12.8. The molecule has 6 nitrogen and oxygen atoms in total. The van der Waals surface area contributed by atoms with E-state index in [9.17, 15) is 28.1 Å². The summed E-state index contributed by atoms with van der Waals surface area (Å²) in [5, 5.41) is 13.8. The minimum Gasteiger partial charge on any atom is -0.308 e. The fourth-order valence-electron chi connectivity index (χ4n) is 2.71. The number of carbonyl (C=O) groups is 1. The summed E-state index contributed by atoms with van der Waals surface area (Å²) in [7, 11) is 3.57. The Morgan fingerprint density at radius 1 is 1.18 bits per heavy atom. The van der Waals surface area contributed by atoms with E-state index in [0.29, 0.717) is 12.1 Å². The van der Waals surface area contributed by atoms with Gasteiger partial charge in [-0.05, 0) is 31.8 Å². The van der Waals surface area contributed by atoms with Gasteiger partial charge in [-0.15, -0.1) is 0 Å². The van der Waals surface area contributed by atoms with Crippen molar-refractivity contribution in [3.8, 4) is 0 Å². The van der Waals surface area contributed by atoms with Crippen molar-refractivity contribution in [3.63, 3.8) is 0 Å². The van der Waals surface area contributed by atoms with Gasteiger partial charge in [-0.3, -0.25) is 14.9 Å². The third kappa shape index (κ3) is 5.61. The highest BCUT2D eigenvalue weighted by molar-refractivity contribution is 5.98. The summed E-state index contributed by atoms with van der Waals surface area (Å²) in [6.07, 6.45) is -4.39. The fraction of sp³-hybridized carbons (Fsp3) is 0.316. The maximum atomic E-state index is 12.7. The smallest absolute Gasteiger partial charge is 0.308 e. The average molecular weight is 395 g/mol. The molecule has 1 unspecified atom stereocenters. The molecule has 0 aliphatic heterocycles. The summed E-state index contributed by atoms with van der Waals surface area (Å²) < 4.78 is 38.1. The molecule has 0 saturated heterocycles. The van der Waals surface area contributed by atoms with Crippen molar-refractivity contribution in [2.45, 2.75) is 12.2 Å². The number of likely N-dealkylation sites (N-methyl/N-ethyl adjacent to an activating group) is 1. The lowest BCUT2D eigenvalue weighted by atomic mass is 10.0. The molecule has 0 aromatic heterocycles. The van der Waals surface area contributed by atoms with Crippen molar-refractivity contribution in [1.82, 2.24) is 10.2 Å². The Bertz CT molecular complexity index is 836. The Labute approximate surface area is 160 Å². The lowest BCUT2D eigenvalue weighted by Gasteiger charge is -2.25. The zero-order valence-corrected chi connectivity index (χ0v) is 15.4. The highest BCUT2D eigenvalue weighted by Crippen LogP contribution is 2.30. The van der Waals surface area contributed by atoms with Crippen LogP contribution in [0.3, 0.4) is 0 Å². The number of hydrogen-bond donors (Lipinski definition) is 1. The van der Waals surface area contributed by atoms with Crippen LogP contribution >= 0.6 is 0 Å². The van der Waals surface area contributed by atoms with E-state index in [1.807, 2.05) is 4.90 Å². The summed E-state index contributed by atoms with van der Waals surface area (Å²) in [6, 6.07) is 10.1. The molecule has 0 heterocycles. The van der Waals surface area contributed by atoms with E-state index in [0.717, 1.165) is 12.1 Å². The van der Waals surface area contributed by atoms with Crippen LogP contribution in [-0.4, -0.2) is 42.8 Å². The molecule has 0 spiro atoms. The standard InChI is InChI=1S/C19H20F3N3O3/c1-24(2)17(13-6-8-15(9-7-13)19(20,21)22)11-23-12-18(26)14-4-3-5-16(10-14)25(27)28/h3-10,17,23H,11-12H2,1-2H3. The van der Waals surface area contributed by atoms with E-state index in [2.05, 4.69) is 5.32 Å². The maximum absolute atomic E-state index is 12.7. The summed E-state index contributed by atoms with van der Waals surface area (Å²) in [5.74, 6) is -0.311. The van der Waals surface area contributed by atoms with Crippen LogP contribution in [0.5, 0.6) is 0 Å². The number of carbonyl (C=O) groups excluding carboxylic acids is 1. The molecule has 0 radical (unpaired) electrons. The molecule has 2 rings (SSSR count). The minimum atomic E-state index is -4.39. The first kappa shape index (κ1) is 21.5. The number of Topliss-reactive ketones (excluding diaryl/α,β-unsaturated/α-hetero) is 1. The second-order valence-corrected chi connectivity index (χ2v) is 6.46. The van der Waals surface area contributed by atoms with E-state index >= 15 is 0 Å². The molecule has 0 fully saturated rings. The van der Waals surface area contributed by atoms with Crippen LogP contribution in [0.4, 0.5) is 18.9 Å². The monoisotopic (exact) mass is 395 g/mol. The maximum Gasteiger partial charge on any atom is 0.416 e. The molecule has 0 aliphatic rings. The number of benzene rings is 2. The van der Waals surface area contributed by atoms with Gasteiger partial charge in [0, 0.05) is 30.3 Å². The Kier molecular flexibility index (Phi) is 6.87. The molecular formula is C19H20F3N3O3.